The molecule has 19 heavy (non-hydrogen) atoms. The highest BCUT2D eigenvalue weighted by Gasteiger charge is 2.10. The second kappa shape index (κ2) is 5.03. The molecule has 1 aromatic carbocycles. The number of nitrogens with zero attached hydrogens (tertiary/aromatic N) is 2. The third-order valence-corrected chi connectivity index (χ3v) is 3.56. The molecular formula is C14H9Cl2N3. The third-order valence-electron chi connectivity index (χ3n) is 2.74. The van der Waals surface area contributed by atoms with E-state index in [0.717, 1.165) is 22.6 Å². The Bertz CT molecular complexity index is 708. The molecule has 0 spiro atoms. The minimum Gasteiger partial charge on any atom is -0.344 e. The lowest BCUT2D eigenvalue weighted by Gasteiger charge is -2.01. The summed E-state index contributed by atoms with van der Waals surface area (Å²) in [5.74, 6) is 0.749. The van der Waals surface area contributed by atoms with E-state index >= 15 is 0 Å². The Hall–Kier alpha value is -1.84. The van der Waals surface area contributed by atoms with Crippen molar-refractivity contribution < 1.29 is 0 Å². The van der Waals surface area contributed by atoms with E-state index in [-0.39, 0.29) is 0 Å². The summed E-state index contributed by atoms with van der Waals surface area (Å²) in [6, 6.07) is 9.29. The first kappa shape index (κ1) is 12.2. The first-order valence-electron chi connectivity index (χ1n) is 5.66. The van der Waals surface area contributed by atoms with Crippen molar-refractivity contribution in [2.75, 3.05) is 0 Å². The molecule has 94 valence electrons. The first-order chi connectivity index (χ1) is 9.25. The maximum atomic E-state index is 6.18. The molecule has 2 aromatic heterocycles. The molecule has 0 atom stereocenters. The molecule has 0 unspecified atom stereocenters. The smallest absolute Gasteiger partial charge is 0.139 e. The van der Waals surface area contributed by atoms with Gasteiger partial charge in [0.25, 0.3) is 0 Å². The highest BCUT2D eigenvalue weighted by atomic mass is 35.5. The van der Waals surface area contributed by atoms with Gasteiger partial charge in [-0.25, -0.2) is 4.98 Å². The van der Waals surface area contributed by atoms with Crippen LogP contribution in [0.5, 0.6) is 0 Å². The summed E-state index contributed by atoms with van der Waals surface area (Å²) < 4.78 is 0. The van der Waals surface area contributed by atoms with Gasteiger partial charge in [0, 0.05) is 29.7 Å². The quantitative estimate of drug-likeness (QED) is 0.757. The molecule has 0 bridgehead atoms. The van der Waals surface area contributed by atoms with Crippen LogP contribution >= 0.6 is 23.2 Å². The number of halogens is 2. The van der Waals surface area contributed by atoms with Gasteiger partial charge in [0.05, 0.1) is 15.7 Å². The molecule has 3 nitrogen and oxygen atoms in total. The summed E-state index contributed by atoms with van der Waals surface area (Å²) in [6.07, 6.45) is 5.28. The van der Waals surface area contributed by atoms with E-state index in [0.29, 0.717) is 10.0 Å². The summed E-state index contributed by atoms with van der Waals surface area (Å²) in [6.45, 7) is 0. The molecule has 0 saturated heterocycles. The zero-order chi connectivity index (χ0) is 13.2. The van der Waals surface area contributed by atoms with E-state index in [1.807, 2.05) is 24.3 Å². The molecule has 0 aliphatic carbocycles. The van der Waals surface area contributed by atoms with Crippen molar-refractivity contribution in [3.63, 3.8) is 0 Å². The van der Waals surface area contributed by atoms with E-state index in [1.54, 1.807) is 24.7 Å². The zero-order valence-electron chi connectivity index (χ0n) is 9.77. The molecular weight excluding hydrogens is 281 g/mol. The second-order valence-corrected chi connectivity index (χ2v) is 4.76. The molecule has 0 aliphatic rings. The number of aromatic amines is 1. The SMILES string of the molecule is Clc1cccc(-c2c[nH]c(-c3cccnc3)n2)c1Cl. The van der Waals surface area contributed by atoms with Crippen LogP contribution in [0.25, 0.3) is 22.6 Å². The number of hydrogen-bond donors (Lipinski definition) is 1. The van der Waals surface area contributed by atoms with Crippen molar-refractivity contribution in [1.29, 1.82) is 0 Å². The van der Waals surface area contributed by atoms with E-state index < -0.39 is 0 Å². The summed E-state index contributed by atoms with van der Waals surface area (Å²) in [4.78, 5) is 11.7. The average molecular weight is 290 g/mol. The third kappa shape index (κ3) is 2.35. The van der Waals surface area contributed by atoms with Gasteiger partial charge in [0.15, 0.2) is 0 Å². The summed E-state index contributed by atoms with van der Waals surface area (Å²) in [5.41, 5.74) is 2.49. The van der Waals surface area contributed by atoms with Gasteiger partial charge in [0.2, 0.25) is 0 Å². The fourth-order valence-corrected chi connectivity index (χ4v) is 2.21. The van der Waals surface area contributed by atoms with Gasteiger partial charge in [-0.15, -0.1) is 0 Å². The van der Waals surface area contributed by atoms with Crippen molar-refractivity contribution in [3.8, 4) is 22.6 Å². The molecule has 5 heteroatoms. The van der Waals surface area contributed by atoms with Crippen LogP contribution in [0.15, 0.2) is 48.9 Å². The van der Waals surface area contributed by atoms with E-state index in [9.17, 15) is 0 Å². The molecule has 0 radical (unpaired) electrons. The number of H-pyrrole nitrogens is 1. The number of hydrogen-bond acceptors (Lipinski definition) is 2. The Kier molecular flexibility index (Phi) is 3.23. The van der Waals surface area contributed by atoms with Crippen molar-refractivity contribution in [2.45, 2.75) is 0 Å². The molecule has 3 rings (SSSR count). The van der Waals surface area contributed by atoms with Gasteiger partial charge in [-0.2, -0.15) is 0 Å². The normalized spacial score (nSPS) is 10.6. The summed E-state index contributed by atoms with van der Waals surface area (Å²) in [7, 11) is 0. The Morgan fingerprint density at radius 3 is 2.74 bits per heavy atom. The Balaban J connectivity index is 2.05. The number of benzene rings is 1. The summed E-state index contributed by atoms with van der Waals surface area (Å²) >= 11 is 12.2. The Morgan fingerprint density at radius 2 is 1.95 bits per heavy atom. The summed E-state index contributed by atoms with van der Waals surface area (Å²) in [5, 5.41) is 1.03. The topological polar surface area (TPSA) is 41.6 Å². The lowest BCUT2D eigenvalue weighted by Crippen LogP contribution is -1.83. The van der Waals surface area contributed by atoms with Crippen LogP contribution in [0.4, 0.5) is 0 Å². The maximum absolute atomic E-state index is 6.18. The van der Waals surface area contributed by atoms with Crippen LogP contribution in [0.2, 0.25) is 10.0 Å². The van der Waals surface area contributed by atoms with Gasteiger partial charge in [-0.3, -0.25) is 4.98 Å². The molecule has 0 fully saturated rings. The van der Waals surface area contributed by atoms with Crippen molar-refractivity contribution in [2.24, 2.45) is 0 Å². The van der Waals surface area contributed by atoms with Gasteiger partial charge < -0.3 is 4.98 Å². The van der Waals surface area contributed by atoms with Crippen molar-refractivity contribution in [3.05, 3.63) is 59.0 Å². The van der Waals surface area contributed by atoms with Gasteiger partial charge in [-0.05, 0) is 18.2 Å². The molecule has 2 heterocycles. The van der Waals surface area contributed by atoms with E-state index in [4.69, 9.17) is 23.2 Å². The monoisotopic (exact) mass is 289 g/mol. The molecule has 0 aliphatic heterocycles. The lowest BCUT2D eigenvalue weighted by molar-refractivity contribution is 1.26. The van der Waals surface area contributed by atoms with Crippen LogP contribution in [-0.2, 0) is 0 Å². The number of pyridine rings is 1. The minimum absolute atomic E-state index is 0.508. The first-order valence-corrected chi connectivity index (χ1v) is 6.41. The van der Waals surface area contributed by atoms with E-state index in [2.05, 4.69) is 15.0 Å². The number of nitrogens with one attached hydrogen (secondary N) is 1. The minimum atomic E-state index is 0.508. The number of imidazole rings is 1. The molecule has 0 amide bonds. The lowest BCUT2D eigenvalue weighted by atomic mass is 10.2. The number of aromatic nitrogens is 3. The standard InChI is InChI=1S/C14H9Cl2N3/c15-11-5-1-4-10(13(11)16)12-8-18-14(19-12)9-3-2-6-17-7-9/h1-8H,(H,18,19). The van der Waals surface area contributed by atoms with Crippen LogP contribution in [0.1, 0.15) is 0 Å². The molecule has 1 N–H and O–H groups in total. The largest absolute Gasteiger partial charge is 0.344 e. The van der Waals surface area contributed by atoms with Gasteiger partial charge >= 0.3 is 0 Å². The molecule has 0 saturated carbocycles. The second-order valence-electron chi connectivity index (χ2n) is 3.98. The maximum Gasteiger partial charge on any atom is 0.139 e. The van der Waals surface area contributed by atoms with Crippen LogP contribution in [0.3, 0.4) is 0 Å². The Morgan fingerprint density at radius 1 is 1.05 bits per heavy atom. The Labute approximate surface area is 120 Å². The van der Waals surface area contributed by atoms with Crippen molar-refractivity contribution in [1.82, 2.24) is 15.0 Å². The predicted octanol–water partition coefficient (Wildman–Crippen LogP) is 4.45. The van der Waals surface area contributed by atoms with Crippen LogP contribution < -0.4 is 0 Å². The number of rotatable bonds is 2. The zero-order valence-corrected chi connectivity index (χ0v) is 11.3. The average Bonchev–Trinajstić information content (AvgIpc) is 2.92. The van der Waals surface area contributed by atoms with Crippen molar-refractivity contribution >= 4 is 23.2 Å². The fraction of sp³-hybridized carbons (Fsp3) is 0. The van der Waals surface area contributed by atoms with Crippen LogP contribution in [0, 0.1) is 0 Å². The van der Waals surface area contributed by atoms with Gasteiger partial charge in [0.1, 0.15) is 5.82 Å². The van der Waals surface area contributed by atoms with E-state index in [1.165, 1.54) is 0 Å². The van der Waals surface area contributed by atoms with Gasteiger partial charge in [-0.1, -0.05) is 35.3 Å². The predicted molar refractivity (Wildman–Crippen MR) is 77.3 cm³/mol. The fourth-order valence-electron chi connectivity index (χ4n) is 1.81. The molecule has 3 aromatic rings. The van der Waals surface area contributed by atoms with Crippen LogP contribution in [-0.4, -0.2) is 15.0 Å². The highest BCUT2D eigenvalue weighted by molar-refractivity contribution is 6.43. The highest BCUT2D eigenvalue weighted by Crippen LogP contribution is 2.33.